The van der Waals surface area contributed by atoms with Crippen molar-refractivity contribution < 1.29 is 9.90 Å². The molecule has 1 aliphatic rings. The van der Waals surface area contributed by atoms with E-state index in [9.17, 15) is 9.90 Å². The number of hydrogen-bond acceptors (Lipinski definition) is 3. The van der Waals surface area contributed by atoms with Crippen molar-refractivity contribution in [1.29, 1.82) is 0 Å². The number of aryl methyl sites for hydroxylation is 1. The van der Waals surface area contributed by atoms with Crippen LogP contribution in [0.3, 0.4) is 0 Å². The maximum Gasteiger partial charge on any atom is 0.268 e. The topological polar surface area (TPSA) is 40.5 Å². The smallest absolute Gasteiger partial charge is 0.268 e. The SMILES string of the molecule is CCC1CCC(N(Cc2ccc(C)c(-c3ccccc3)c2)C(=O)c2sc3ccccc3c2O)CC1. The summed E-state index contributed by atoms with van der Waals surface area (Å²) in [5.41, 5.74) is 4.75. The maximum atomic E-state index is 14.0. The van der Waals surface area contributed by atoms with E-state index in [4.69, 9.17) is 0 Å². The number of rotatable bonds is 6. The summed E-state index contributed by atoms with van der Waals surface area (Å²) >= 11 is 1.40. The standard InChI is InChI=1S/C31H33NO2S/c1-3-22-15-17-25(18-16-22)32(31(34)30-29(33)26-11-7-8-12-28(26)35-30)20-23-14-13-21(2)27(19-23)24-9-5-4-6-10-24/h4-14,19,22,25,33H,3,15-18,20H2,1-2H3. The first-order valence-electron chi connectivity index (χ1n) is 12.7. The predicted molar refractivity (Wildman–Crippen MR) is 146 cm³/mol. The number of benzene rings is 3. The molecule has 0 unspecified atom stereocenters. The molecule has 0 saturated heterocycles. The van der Waals surface area contributed by atoms with Gasteiger partial charge < -0.3 is 10.0 Å². The molecule has 0 bridgehead atoms. The third-order valence-electron chi connectivity index (χ3n) is 7.60. The number of hydrogen-bond donors (Lipinski definition) is 1. The summed E-state index contributed by atoms with van der Waals surface area (Å²) in [6, 6.07) is 24.9. The molecule has 4 aromatic rings. The van der Waals surface area contributed by atoms with E-state index in [1.165, 1.54) is 34.4 Å². The van der Waals surface area contributed by atoms with Gasteiger partial charge in [0.2, 0.25) is 0 Å². The van der Waals surface area contributed by atoms with E-state index in [-0.39, 0.29) is 17.7 Å². The molecule has 3 aromatic carbocycles. The Morgan fingerprint density at radius 3 is 2.40 bits per heavy atom. The summed E-state index contributed by atoms with van der Waals surface area (Å²) in [5.74, 6) is 0.826. The second kappa shape index (κ2) is 10.2. The van der Waals surface area contributed by atoms with E-state index in [1.807, 2.05) is 35.2 Å². The van der Waals surface area contributed by atoms with E-state index in [0.29, 0.717) is 11.4 Å². The third kappa shape index (κ3) is 4.85. The number of aromatic hydroxyl groups is 1. The Morgan fingerprint density at radius 2 is 1.69 bits per heavy atom. The largest absolute Gasteiger partial charge is 0.506 e. The van der Waals surface area contributed by atoms with Crippen molar-refractivity contribution in [2.75, 3.05) is 0 Å². The van der Waals surface area contributed by atoms with Gasteiger partial charge in [-0.25, -0.2) is 0 Å². The number of amides is 1. The number of thiophene rings is 1. The molecule has 0 radical (unpaired) electrons. The van der Waals surface area contributed by atoms with Crippen LogP contribution >= 0.6 is 11.3 Å². The lowest BCUT2D eigenvalue weighted by Gasteiger charge is -2.37. The summed E-state index contributed by atoms with van der Waals surface area (Å²) in [6.45, 7) is 4.95. The molecule has 1 aromatic heterocycles. The maximum absolute atomic E-state index is 14.0. The monoisotopic (exact) mass is 483 g/mol. The average molecular weight is 484 g/mol. The van der Waals surface area contributed by atoms with Crippen molar-refractivity contribution in [1.82, 2.24) is 4.90 Å². The average Bonchev–Trinajstić information content (AvgIpc) is 3.25. The summed E-state index contributed by atoms with van der Waals surface area (Å²) in [7, 11) is 0. The lowest BCUT2D eigenvalue weighted by Crippen LogP contribution is -2.41. The van der Waals surface area contributed by atoms with E-state index in [2.05, 4.69) is 56.3 Å². The predicted octanol–water partition coefficient (Wildman–Crippen LogP) is 8.19. The van der Waals surface area contributed by atoms with Crippen LogP contribution in [0.1, 0.15) is 59.8 Å². The highest BCUT2D eigenvalue weighted by atomic mass is 32.1. The van der Waals surface area contributed by atoms with Crippen LogP contribution in [0.2, 0.25) is 0 Å². The summed E-state index contributed by atoms with van der Waals surface area (Å²) in [4.78, 5) is 16.5. The highest BCUT2D eigenvalue weighted by Crippen LogP contribution is 2.39. The van der Waals surface area contributed by atoms with Crippen LogP contribution in [0.25, 0.3) is 21.2 Å². The lowest BCUT2D eigenvalue weighted by molar-refractivity contribution is 0.0590. The van der Waals surface area contributed by atoms with Gasteiger partial charge in [0.15, 0.2) is 0 Å². The first-order valence-corrected chi connectivity index (χ1v) is 13.5. The zero-order valence-electron chi connectivity index (χ0n) is 20.5. The fourth-order valence-corrected chi connectivity index (χ4v) is 6.48. The Bertz CT molecular complexity index is 1320. The molecular weight excluding hydrogens is 450 g/mol. The first kappa shape index (κ1) is 23.6. The molecule has 0 atom stereocenters. The highest BCUT2D eigenvalue weighted by molar-refractivity contribution is 7.21. The van der Waals surface area contributed by atoms with Gasteiger partial charge in [0, 0.05) is 22.7 Å². The Morgan fingerprint density at radius 1 is 0.971 bits per heavy atom. The second-order valence-corrected chi connectivity index (χ2v) is 10.9. The van der Waals surface area contributed by atoms with Gasteiger partial charge in [-0.3, -0.25) is 4.79 Å². The zero-order chi connectivity index (χ0) is 24.4. The van der Waals surface area contributed by atoms with Crippen molar-refractivity contribution in [2.45, 2.75) is 58.5 Å². The van der Waals surface area contributed by atoms with Crippen molar-refractivity contribution in [3.8, 4) is 16.9 Å². The van der Waals surface area contributed by atoms with Gasteiger partial charge in [-0.05, 0) is 79.0 Å². The number of fused-ring (bicyclic) bond motifs is 1. The number of nitrogens with zero attached hydrogens (tertiary/aromatic N) is 1. The van der Waals surface area contributed by atoms with Crippen molar-refractivity contribution >= 4 is 27.3 Å². The Kier molecular flexibility index (Phi) is 6.92. The number of carbonyl (C=O) groups is 1. The van der Waals surface area contributed by atoms with Crippen LogP contribution in [0.15, 0.2) is 72.8 Å². The van der Waals surface area contributed by atoms with Crippen LogP contribution in [0, 0.1) is 12.8 Å². The van der Waals surface area contributed by atoms with Crippen LogP contribution in [0.4, 0.5) is 0 Å². The quantitative estimate of drug-likeness (QED) is 0.300. The summed E-state index contributed by atoms with van der Waals surface area (Å²) in [6.07, 6.45) is 5.57. The molecule has 3 nitrogen and oxygen atoms in total. The normalized spacial score (nSPS) is 18.0. The van der Waals surface area contributed by atoms with Crippen LogP contribution in [0.5, 0.6) is 5.75 Å². The summed E-state index contributed by atoms with van der Waals surface area (Å²) < 4.78 is 0.949. The van der Waals surface area contributed by atoms with Crippen LogP contribution in [-0.2, 0) is 6.54 Å². The third-order valence-corrected chi connectivity index (χ3v) is 8.75. The van der Waals surface area contributed by atoms with E-state index in [1.54, 1.807) is 0 Å². The molecule has 4 heteroatoms. The van der Waals surface area contributed by atoms with Gasteiger partial charge >= 0.3 is 0 Å². The first-order chi connectivity index (χ1) is 17.0. The van der Waals surface area contributed by atoms with E-state index >= 15 is 0 Å². The molecule has 1 aliphatic carbocycles. The van der Waals surface area contributed by atoms with Gasteiger partial charge in [0.05, 0.1) is 0 Å². The highest BCUT2D eigenvalue weighted by Gasteiger charge is 2.31. The Hall–Kier alpha value is -3.11. The minimum Gasteiger partial charge on any atom is -0.506 e. The van der Waals surface area contributed by atoms with Crippen LogP contribution < -0.4 is 0 Å². The van der Waals surface area contributed by atoms with E-state index in [0.717, 1.165) is 47.3 Å². The minimum absolute atomic E-state index is 0.0505. The van der Waals surface area contributed by atoms with Crippen molar-refractivity contribution in [3.05, 3.63) is 88.8 Å². The minimum atomic E-state index is -0.0505. The number of carbonyl (C=O) groups excluding carboxylic acids is 1. The lowest BCUT2D eigenvalue weighted by atomic mass is 9.83. The molecule has 0 aliphatic heterocycles. The fraction of sp³-hybridized carbons (Fsp3) is 0.323. The van der Waals surface area contributed by atoms with Crippen molar-refractivity contribution in [2.24, 2.45) is 5.92 Å². The van der Waals surface area contributed by atoms with Crippen molar-refractivity contribution in [3.63, 3.8) is 0 Å². The molecule has 35 heavy (non-hydrogen) atoms. The molecule has 0 spiro atoms. The second-order valence-electron chi connectivity index (χ2n) is 9.81. The van der Waals surface area contributed by atoms with Gasteiger partial charge in [-0.2, -0.15) is 0 Å². The summed E-state index contributed by atoms with van der Waals surface area (Å²) in [5, 5.41) is 11.7. The fourth-order valence-electron chi connectivity index (χ4n) is 5.43. The molecule has 1 amide bonds. The van der Waals surface area contributed by atoms with Gasteiger partial charge in [0.25, 0.3) is 5.91 Å². The van der Waals surface area contributed by atoms with E-state index < -0.39 is 0 Å². The molecule has 180 valence electrons. The van der Waals surface area contributed by atoms with Gasteiger partial charge in [0.1, 0.15) is 10.6 Å². The molecule has 1 N–H and O–H groups in total. The molecule has 5 rings (SSSR count). The van der Waals surface area contributed by atoms with Gasteiger partial charge in [-0.1, -0.05) is 67.9 Å². The molecular formula is C31H33NO2S. The van der Waals surface area contributed by atoms with Crippen LogP contribution in [-0.4, -0.2) is 22.0 Å². The van der Waals surface area contributed by atoms with Gasteiger partial charge in [-0.15, -0.1) is 11.3 Å². The molecule has 1 saturated carbocycles. The molecule has 1 heterocycles. The Balaban J connectivity index is 1.50. The Labute approximate surface area is 212 Å². The molecule has 1 fully saturated rings. The zero-order valence-corrected chi connectivity index (χ0v) is 21.4.